The van der Waals surface area contributed by atoms with Crippen LogP contribution in [0.4, 0.5) is 5.13 Å². The Bertz CT molecular complexity index is 1070. The molecule has 27 heavy (non-hydrogen) atoms. The Labute approximate surface area is 162 Å². The number of para-hydroxylation sites is 1. The van der Waals surface area contributed by atoms with Crippen molar-refractivity contribution in [2.24, 2.45) is 0 Å². The lowest BCUT2D eigenvalue weighted by Crippen LogP contribution is -2.42. The van der Waals surface area contributed by atoms with Gasteiger partial charge in [0, 0.05) is 23.0 Å². The van der Waals surface area contributed by atoms with Crippen LogP contribution in [0.3, 0.4) is 0 Å². The Morgan fingerprint density at radius 2 is 2.00 bits per heavy atom. The average Bonchev–Trinajstić information content (AvgIpc) is 3.03. The maximum atomic E-state index is 13.3. The zero-order valence-electron chi connectivity index (χ0n) is 15.2. The minimum Gasteiger partial charge on any atom is -0.301 e. The predicted molar refractivity (Wildman–Crippen MR) is 106 cm³/mol. The van der Waals surface area contributed by atoms with Gasteiger partial charge in [0.25, 0.3) is 0 Å². The van der Waals surface area contributed by atoms with Crippen molar-refractivity contribution >= 4 is 43.3 Å². The van der Waals surface area contributed by atoms with Crippen LogP contribution >= 0.6 is 11.3 Å². The molecule has 0 fully saturated rings. The molecule has 3 aromatic rings. The van der Waals surface area contributed by atoms with Crippen LogP contribution in [0.2, 0.25) is 0 Å². The lowest BCUT2D eigenvalue weighted by Gasteiger charge is -2.25. The summed E-state index contributed by atoms with van der Waals surface area (Å²) in [6.07, 6.45) is 1.55. The van der Waals surface area contributed by atoms with E-state index in [4.69, 9.17) is 0 Å². The molecule has 1 N–H and O–H groups in total. The zero-order valence-corrected chi connectivity index (χ0v) is 16.8. The van der Waals surface area contributed by atoms with Crippen LogP contribution < -0.4 is 5.32 Å². The number of nitrogens with zero attached hydrogens (tertiary/aromatic N) is 3. The third kappa shape index (κ3) is 4.15. The minimum absolute atomic E-state index is 0.0900. The second-order valence-corrected chi connectivity index (χ2v) is 9.03. The van der Waals surface area contributed by atoms with Gasteiger partial charge >= 0.3 is 0 Å². The summed E-state index contributed by atoms with van der Waals surface area (Å²) < 4.78 is 27.7. The molecule has 0 saturated carbocycles. The van der Waals surface area contributed by atoms with Gasteiger partial charge in [0.2, 0.25) is 15.9 Å². The molecule has 0 aliphatic carbocycles. The number of benzene rings is 1. The van der Waals surface area contributed by atoms with Crippen molar-refractivity contribution in [2.75, 3.05) is 11.9 Å². The van der Waals surface area contributed by atoms with Crippen LogP contribution in [0.1, 0.15) is 19.5 Å². The van der Waals surface area contributed by atoms with Crippen LogP contribution in [-0.4, -0.2) is 41.2 Å². The number of rotatable bonds is 6. The van der Waals surface area contributed by atoms with Crippen molar-refractivity contribution in [3.8, 4) is 0 Å². The predicted octanol–water partition coefficient (Wildman–Crippen LogP) is 3.04. The highest BCUT2D eigenvalue weighted by atomic mass is 32.2. The van der Waals surface area contributed by atoms with Gasteiger partial charge in [-0.15, -0.1) is 11.3 Å². The number of sulfonamides is 1. The number of aryl methyl sites for hydroxylation is 1. The van der Waals surface area contributed by atoms with Crippen molar-refractivity contribution < 1.29 is 13.2 Å². The summed E-state index contributed by atoms with van der Waals surface area (Å²) in [7, 11) is -3.92. The smallest absolute Gasteiger partial charge is 0.245 e. The Morgan fingerprint density at radius 1 is 1.26 bits per heavy atom. The van der Waals surface area contributed by atoms with E-state index in [1.165, 1.54) is 21.7 Å². The van der Waals surface area contributed by atoms with E-state index in [1.807, 2.05) is 12.3 Å². The first-order chi connectivity index (χ1) is 12.8. The Balaban J connectivity index is 1.92. The molecule has 0 radical (unpaired) electrons. The molecule has 1 aromatic carbocycles. The second-order valence-electron chi connectivity index (χ2n) is 6.32. The molecule has 3 rings (SSSR count). The summed E-state index contributed by atoms with van der Waals surface area (Å²) in [6.45, 7) is 4.99. The second kappa shape index (κ2) is 7.71. The van der Waals surface area contributed by atoms with E-state index in [1.54, 1.807) is 44.3 Å². The van der Waals surface area contributed by atoms with Crippen molar-refractivity contribution in [1.29, 1.82) is 0 Å². The molecule has 2 aromatic heterocycles. The first kappa shape index (κ1) is 19.4. The molecule has 0 unspecified atom stereocenters. The van der Waals surface area contributed by atoms with Gasteiger partial charge in [0.05, 0.1) is 17.8 Å². The van der Waals surface area contributed by atoms with E-state index < -0.39 is 22.0 Å². The lowest BCUT2D eigenvalue weighted by molar-refractivity contribution is -0.116. The zero-order chi connectivity index (χ0) is 19.6. The first-order valence-electron chi connectivity index (χ1n) is 8.36. The monoisotopic (exact) mass is 404 g/mol. The van der Waals surface area contributed by atoms with Crippen molar-refractivity contribution in [2.45, 2.75) is 31.7 Å². The number of carbonyl (C=O) groups is 1. The first-order valence-corrected chi connectivity index (χ1v) is 10.7. The highest BCUT2D eigenvalue weighted by molar-refractivity contribution is 7.89. The van der Waals surface area contributed by atoms with Crippen LogP contribution in [0.15, 0.2) is 46.8 Å². The van der Waals surface area contributed by atoms with E-state index in [9.17, 15) is 13.2 Å². The van der Waals surface area contributed by atoms with E-state index in [0.29, 0.717) is 10.6 Å². The fourth-order valence-corrected chi connectivity index (χ4v) is 5.13. The molecule has 0 bridgehead atoms. The number of anilines is 1. The Hall–Kier alpha value is -2.36. The van der Waals surface area contributed by atoms with Gasteiger partial charge in [0.15, 0.2) is 5.13 Å². The van der Waals surface area contributed by atoms with Crippen LogP contribution in [0, 0.1) is 6.92 Å². The number of fused-ring (bicyclic) bond motifs is 1. The van der Waals surface area contributed by atoms with Crippen LogP contribution in [0.5, 0.6) is 0 Å². The van der Waals surface area contributed by atoms with Gasteiger partial charge in [-0.2, -0.15) is 4.31 Å². The number of pyridine rings is 1. The van der Waals surface area contributed by atoms with Crippen LogP contribution in [0.25, 0.3) is 10.9 Å². The molecular formula is C18H20N4O3S2. The number of hydrogen-bond acceptors (Lipinski definition) is 6. The summed E-state index contributed by atoms with van der Waals surface area (Å²) in [5.41, 5.74) is 1.19. The highest BCUT2D eigenvalue weighted by Gasteiger charge is 2.31. The SMILES string of the molecule is Cc1csc(NC(=O)CN(C(C)C)S(=O)(=O)c2cccc3cccnc23)n1. The maximum absolute atomic E-state index is 13.3. The molecule has 9 heteroatoms. The van der Waals surface area contributed by atoms with Crippen LogP contribution in [-0.2, 0) is 14.8 Å². The molecule has 1 amide bonds. The largest absolute Gasteiger partial charge is 0.301 e. The average molecular weight is 405 g/mol. The lowest BCUT2D eigenvalue weighted by atomic mass is 10.2. The molecule has 0 atom stereocenters. The number of aromatic nitrogens is 2. The van der Waals surface area contributed by atoms with Crippen molar-refractivity contribution in [1.82, 2.24) is 14.3 Å². The number of carbonyl (C=O) groups excluding carboxylic acids is 1. The van der Waals surface area contributed by atoms with E-state index in [0.717, 1.165) is 11.1 Å². The van der Waals surface area contributed by atoms with Gasteiger partial charge in [-0.25, -0.2) is 13.4 Å². The van der Waals surface area contributed by atoms with Gasteiger partial charge < -0.3 is 5.32 Å². The third-order valence-corrected chi connectivity index (χ3v) is 6.85. The number of nitrogens with one attached hydrogen (secondary N) is 1. The molecule has 0 spiro atoms. The summed E-state index contributed by atoms with van der Waals surface area (Å²) in [6, 6.07) is 8.15. The molecule has 2 heterocycles. The van der Waals surface area contributed by atoms with Gasteiger partial charge in [-0.1, -0.05) is 18.2 Å². The molecule has 0 saturated heterocycles. The van der Waals surface area contributed by atoms with Gasteiger partial charge in [-0.3, -0.25) is 9.78 Å². The summed E-state index contributed by atoms with van der Waals surface area (Å²) in [4.78, 5) is 20.9. The van der Waals surface area contributed by atoms with E-state index in [2.05, 4.69) is 15.3 Å². The molecular weight excluding hydrogens is 384 g/mol. The quantitative estimate of drug-likeness (QED) is 0.682. The third-order valence-electron chi connectivity index (χ3n) is 3.92. The summed E-state index contributed by atoms with van der Waals surface area (Å²) in [5.74, 6) is -0.435. The number of thiazole rings is 1. The number of amides is 1. The fourth-order valence-electron chi connectivity index (χ4n) is 2.67. The maximum Gasteiger partial charge on any atom is 0.245 e. The highest BCUT2D eigenvalue weighted by Crippen LogP contribution is 2.25. The normalized spacial score (nSPS) is 12.0. The Morgan fingerprint density at radius 3 is 2.67 bits per heavy atom. The van der Waals surface area contributed by atoms with Gasteiger partial charge in [0.1, 0.15) is 4.90 Å². The molecule has 142 valence electrons. The molecule has 7 nitrogen and oxygen atoms in total. The molecule has 0 aliphatic rings. The van der Waals surface area contributed by atoms with E-state index in [-0.39, 0.29) is 11.4 Å². The summed E-state index contributed by atoms with van der Waals surface area (Å²) in [5, 5.41) is 5.65. The van der Waals surface area contributed by atoms with Crippen molar-refractivity contribution in [3.05, 3.63) is 47.6 Å². The van der Waals surface area contributed by atoms with Crippen molar-refractivity contribution in [3.63, 3.8) is 0 Å². The van der Waals surface area contributed by atoms with Gasteiger partial charge in [-0.05, 0) is 32.9 Å². The van der Waals surface area contributed by atoms with E-state index >= 15 is 0 Å². The molecule has 0 aliphatic heterocycles. The summed E-state index contributed by atoms with van der Waals surface area (Å²) >= 11 is 1.30. The standard InChI is InChI=1S/C18H20N4O3S2/c1-12(2)22(10-16(23)21-18-20-13(3)11-26-18)27(24,25)15-8-4-6-14-7-5-9-19-17(14)15/h4-9,11-12H,10H2,1-3H3,(H,20,21,23). The minimum atomic E-state index is -3.92. The Kier molecular flexibility index (Phi) is 5.54. The topological polar surface area (TPSA) is 92.3 Å². The number of hydrogen-bond donors (Lipinski definition) is 1. The fraction of sp³-hybridized carbons (Fsp3) is 0.278.